The minimum Gasteiger partial charge on any atom is -0.378 e. The number of nitro benzene ring substituents is 1. The van der Waals surface area contributed by atoms with E-state index in [0.717, 1.165) is 12.1 Å². The average molecular weight is 463 g/mol. The highest BCUT2D eigenvalue weighted by Gasteiger charge is 2.30. The number of hydrogen-bond acceptors (Lipinski definition) is 7. The van der Waals surface area contributed by atoms with Crippen molar-refractivity contribution in [3.63, 3.8) is 0 Å². The summed E-state index contributed by atoms with van der Waals surface area (Å²) in [5.74, 6) is -0.461. The van der Waals surface area contributed by atoms with Crippen molar-refractivity contribution in [2.75, 3.05) is 5.01 Å². The maximum Gasteiger partial charge on any atom is 0.346 e. The first-order chi connectivity index (χ1) is 15.8. The van der Waals surface area contributed by atoms with Crippen LogP contribution in [-0.4, -0.2) is 25.0 Å². The third kappa shape index (κ3) is 4.37. The van der Waals surface area contributed by atoms with Gasteiger partial charge < -0.3 is 4.18 Å². The Bertz CT molecular complexity index is 1410. The van der Waals surface area contributed by atoms with Crippen molar-refractivity contribution in [3.8, 4) is 5.75 Å². The lowest BCUT2D eigenvalue weighted by atomic mass is 10.1. The van der Waals surface area contributed by atoms with Gasteiger partial charge >= 0.3 is 10.1 Å². The molecule has 4 rings (SSSR count). The Hall–Kier alpha value is -4.31. The van der Waals surface area contributed by atoms with Crippen LogP contribution in [0.1, 0.15) is 12.5 Å². The molecule has 3 aromatic carbocycles. The van der Waals surface area contributed by atoms with Crippen LogP contribution in [0.5, 0.6) is 5.75 Å². The number of para-hydroxylation sites is 3. The van der Waals surface area contributed by atoms with Gasteiger partial charge in [0.1, 0.15) is 5.75 Å². The molecule has 0 unspecified atom stereocenters. The van der Waals surface area contributed by atoms with Gasteiger partial charge in [-0.05, 0) is 37.3 Å². The molecule has 0 bridgehead atoms. The van der Waals surface area contributed by atoms with E-state index in [1.807, 2.05) is 6.07 Å². The Balaban J connectivity index is 1.70. The maximum atomic E-state index is 13.0. The third-order valence-corrected chi connectivity index (χ3v) is 6.10. The van der Waals surface area contributed by atoms with E-state index in [0.29, 0.717) is 17.0 Å². The van der Waals surface area contributed by atoms with E-state index in [1.54, 1.807) is 49.4 Å². The van der Waals surface area contributed by atoms with Gasteiger partial charge in [0.15, 0.2) is 4.90 Å². The fraction of sp³-hybridized carbons (Fsp3) is 0.0435. The number of nitro groups is 1. The van der Waals surface area contributed by atoms with E-state index in [2.05, 4.69) is 5.10 Å². The van der Waals surface area contributed by atoms with Crippen molar-refractivity contribution in [1.82, 2.24) is 0 Å². The van der Waals surface area contributed by atoms with Gasteiger partial charge in [-0.1, -0.05) is 48.5 Å². The standard InChI is InChI=1S/C23H17N3O6S/c1-16-19(23(27)25(24-16)18-10-3-2-4-11-18)15-17-9-5-7-13-21(17)32-33(30,31)22-14-8-6-12-20(22)26(28)29/h2-15H,1H3/b19-15-. The van der Waals surface area contributed by atoms with Crippen molar-refractivity contribution in [2.24, 2.45) is 5.10 Å². The zero-order chi connectivity index (χ0) is 23.6. The second kappa shape index (κ2) is 8.67. The summed E-state index contributed by atoms with van der Waals surface area (Å²) in [6.07, 6.45) is 1.48. The largest absolute Gasteiger partial charge is 0.378 e. The zero-order valence-electron chi connectivity index (χ0n) is 17.3. The SMILES string of the molecule is CC1=NN(c2ccccc2)C(=O)/C1=C\c1ccccc1OS(=O)(=O)c1ccccc1[N+](=O)[O-]. The van der Waals surface area contributed by atoms with Crippen LogP contribution in [0.2, 0.25) is 0 Å². The van der Waals surface area contributed by atoms with E-state index in [1.165, 1.54) is 29.3 Å². The molecule has 0 atom stereocenters. The van der Waals surface area contributed by atoms with Crippen molar-refractivity contribution >= 4 is 39.2 Å². The van der Waals surface area contributed by atoms with E-state index < -0.39 is 25.6 Å². The minimum absolute atomic E-state index is 0.0816. The zero-order valence-corrected chi connectivity index (χ0v) is 18.1. The van der Waals surface area contributed by atoms with E-state index in [-0.39, 0.29) is 17.2 Å². The number of amides is 1. The van der Waals surface area contributed by atoms with Crippen LogP contribution in [-0.2, 0) is 14.9 Å². The summed E-state index contributed by atoms with van der Waals surface area (Å²) in [5.41, 5.74) is 1.00. The third-order valence-electron chi connectivity index (χ3n) is 4.81. The summed E-state index contributed by atoms with van der Waals surface area (Å²) >= 11 is 0. The number of benzene rings is 3. The Kier molecular flexibility index (Phi) is 5.76. The first-order valence-corrected chi connectivity index (χ1v) is 11.1. The molecule has 1 amide bonds. The Morgan fingerprint density at radius 2 is 1.61 bits per heavy atom. The Labute approximate surface area is 189 Å². The minimum atomic E-state index is -4.52. The first-order valence-electron chi connectivity index (χ1n) is 9.71. The van der Waals surface area contributed by atoms with Crippen LogP contribution in [0.15, 0.2) is 94.4 Å². The lowest BCUT2D eigenvalue weighted by molar-refractivity contribution is -0.387. The van der Waals surface area contributed by atoms with Gasteiger partial charge in [0.2, 0.25) is 0 Å². The summed E-state index contributed by atoms with van der Waals surface area (Å²) in [6, 6.07) is 20.0. The normalized spacial score (nSPS) is 14.9. The van der Waals surface area contributed by atoms with Crippen LogP contribution in [0, 0.1) is 10.1 Å². The van der Waals surface area contributed by atoms with Gasteiger partial charge in [-0.2, -0.15) is 18.5 Å². The van der Waals surface area contributed by atoms with Crippen molar-refractivity contribution < 1.29 is 22.3 Å². The van der Waals surface area contributed by atoms with E-state index >= 15 is 0 Å². The fourth-order valence-electron chi connectivity index (χ4n) is 3.24. The highest BCUT2D eigenvalue weighted by Crippen LogP contribution is 2.31. The molecule has 0 spiro atoms. The number of anilines is 1. The molecule has 1 aliphatic rings. The smallest absolute Gasteiger partial charge is 0.346 e. The highest BCUT2D eigenvalue weighted by molar-refractivity contribution is 7.87. The molecule has 0 aromatic heterocycles. The van der Waals surface area contributed by atoms with Crippen LogP contribution in [0.4, 0.5) is 11.4 Å². The molecule has 0 aliphatic carbocycles. The molecule has 0 fully saturated rings. The number of carbonyl (C=O) groups excluding carboxylic acids is 1. The molecule has 166 valence electrons. The molecular formula is C23H17N3O6S. The number of rotatable bonds is 6. The van der Waals surface area contributed by atoms with E-state index in [4.69, 9.17) is 4.18 Å². The number of nitrogens with zero attached hydrogens (tertiary/aromatic N) is 3. The fourth-order valence-corrected chi connectivity index (χ4v) is 4.36. The quantitative estimate of drug-likeness (QED) is 0.234. The predicted octanol–water partition coefficient (Wildman–Crippen LogP) is 4.17. The van der Waals surface area contributed by atoms with Crippen LogP contribution in [0.3, 0.4) is 0 Å². The van der Waals surface area contributed by atoms with Gasteiger partial charge in [-0.15, -0.1) is 0 Å². The van der Waals surface area contributed by atoms with E-state index in [9.17, 15) is 23.3 Å². The lowest BCUT2D eigenvalue weighted by Gasteiger charge is -2.12. The lowest BCUT2D eigenvalue weighted by Crippen LogP contribution is -2.21. The second-order valence-electron chi connectivity index (χ2n) is 7.00. The summed E-state index contributed by atoms with van der Waals surface area (Å²) in [4.78, 5) is 22.9. The molecule has 10 heteroatoms. The summed E-state index contributed by atoms with van der Waals surface area (Å²) in [7, 11) is -4.52. The molecule has 0 N–H and O–H groups in total. The van der Waals surface area contributed by atoms with Crippen molar-refractivity contribution in [2.45, 2.75) is 11.8 Å². The summed E-state index contributed by atoms with van der Waals surface area (Å²) in [5, 5.41) is 16.8. The molecule has 33 heavy (non-hydrogen) atoms. The van der Waals surface area contributed by atoms with Crippen molar-refractivity contribution in [1.29, 1.82) is 0 Å². The van der Waals surface area contributed by atoms with Crippen LogP contribution >= 0.6 is 0 Å². The monoisotopic (exact) mass is 463 g/mol. The molecule has 0 saturated carbocycles. The highest BCUT2D eigenvalue weighted by atomic mass is 32.2. The van der Waals surface area contributed by atoms with Gasteiger partial charge in [-0.3, -0.25) is 14.9 Å². The Morgan fingerprint density at radius 1 is 0.970 bits per heavy atom. The van der Waals surface area contributed by atoms with Gasteiger partial charge in [-0.25, -0.2) is 0 Å². The number of hydrazone groups is 1. The molecule has 3 aromatic rings. The molecule has 1 heterocycles. The van der Waals surface area contributed by atoms with Crippen molar-refractivity contribution in [3.05, 3.63) is 100 Å². The molecule has 0 radical (unpaired) electrons. The molecule has 0 saturated heterocycles. The maximum absolute atomic E-state index is 13.0. The molecule has 1 aliphatic heterocycles. The Morgan fingerprint density at radius 3 is 2.33 bits per heavy atom. The van der Waals surface area contributed by atoms with Crippen LogP contribution in [0.25, 0.3) is 6.08 Å². The van der Waals surface area contributed by atoms with Crippen LogP contribution < -0.4 is 9.19 Å². The van der Waals surface area contributed by atoms with Gasteiger partial charge in [0.05, 0.1) is 21.9 Å². The topological polar surface area (TPSA) is 119 Å². The number of carbonyl (C=O) groups is 1. The number of hydrogen-bond donors (Lipinski definition) is 0. The summed E-state index contributed by atoms with van der Waals surface area (Å²) in [6.45, 7) is 1.67. The predicted molar refractivity (Wildman–Crippen MR) is 122 cm³/mol. The second-order valence-corrected chi connectivity index (χ2v) is 8.51. The first kappa shape index (κ1) is 21.9. The van der Waals surface area contributed by atoms with Gasteiger partial charge in [0, 0.05) is 11.6 Å². The summed E-state index contributed by atoms with van der Waals surface area (Å²) < 4.78 is 30.9. The average Bonchev–Trinajstić information content (AvgIpc) is 3.09. The van der Waals surface area contributed by atoms with Gasteiger partial charge in [0.25, 0.3) is 11.6 Å². The molecule has 9 nitrogen and oxygen atoms in total. The molecular weight excluding hydrogens is 446 g/mol.